The van der Waals surface area contributed by atoms with Gasteiger partial charge in [-0.2, -0.15) is 0 Å². The number of nitrogens with zero attached hydrogens (tertiary/aromatic N) is 2. The van der Waals surface area contributed by atoms with E-state index in [2.05, 4.69) is 10.1 Å². The van der Waals surface area contributed by atoms with E-state index >= 15 is 0 Å². The number of hydrogen-bond donors (Lipinski definition) is 1. The van der Waals surface area contributed by atoms with E-state index < -0.39 is 0 Å². The molecule has 4 nitrogen and oxygen atoms in total. The van der Waals surface area contributed by atoms with Crippen LogP contribution in [-0.4, -0.2) is 37.7 Å². The fourth-order valence-electron chi connectivity index (χ4n) is 1.66. The summed E-state index contributed by atoms with van der Waals surface area (Å²) in [5.41, 5.74) is 2.09. The van der Waals surface area contributed by atoms with Crippen LogP contribution in [-0.2, 0) is 4.74 Å². The molecule has 1 fully saturated rings. The molecule has 0 aliphatic carbocycles. The summed E-state index contributed by atoms with van der Waals surface area (Å²) in [4.78, 5) is 2.28. The molecule has 2 rings (SSSR count). The summed E-state index contributed by atoms with van der Waals surface area (Å²) in [6, 6.07) is 7.93. The Labute approximate surface area is 88.8 Å². The zero-order chi connectivity index (χ0) is 10.5. The topological polar surface area (TPSA) is 45.1 Å². The van der Waals surface area contributed by atoms with Gasteiger partial charge in [-0.3, -0.25) is 0 Å². The van der Waals surface area contributed by atoms with Crippen LogP contribution >= 0.6 is 0 Å². The molecular weight excluding hydrogens is 192 g/mol. The third kappa shape index (κ3) is 2.47. The smallest absolute Gasteiger partial charge is 0.0733 e. The second kappa shape index (κ2) is 4.79. The molecule has 1 N–H and O–H groups in total. The largest absolute Gasteiger partial charge is 0.411 e. The highest BCUT2D eigenvalue weighted by atomic mass is 16.5. The van der Waals surface area contributed by atoms with E-state index in [1.165, 1.54) is 11.9 Å². The van der Waals surface area contributed by atoms with Gasteiger partial charge in [-0.15, -0.1) is 0 Å². The molecule has 0 saturated carbocycles. The van der Waals surface area contributed by atoms with Crippen LogP contribution in [0.25, 0.3) is 0 Å². The summed E-state index contributed by atoms with van der Waals surface area (Å²) in [6.07, 6.45) is 1.42. The molecule has 80 valence electrons. The molecule has 1 aromatic rings. The lowest BCUT2D eigenvalue weighted by atomic mass is 10.2. The highest BCUT2D eigenvalue weighted by Crippen LogP contribution is 2.15. The van der Waals surface area contributed by atoms with E-state index in [0.29, 0.717) is 0 Å². The lowest BCUT2D eigenvalue weighted by Gasteiger charge is -2.28. The number of hydrogen-bond acceptors (Lipinski definition) is 4. The number of oxime groups is 1. The van der Waals surface area contributed by atoms with Crippen molar-refractivity contribution < 1.29 is 9.94 Å². The van der Waals surface area contributed by atoms with Crippen molar-refractivity contribution in [2.75, 3.05) is 31.2 Å². The Hall–Kier alpha value is -1.55. The number of morpholine rings is 1. The summed E-state index contributed by atoms with van der Waals surface area (Å²) in [7, 11) is 0. The maximum absolute atomic E-state index is 8.38. The van der Waals surface area contributed by atoms with Crippen LogP contribution in [0.15, 0.2) is 29.4 Å². The minimum Gasteiger partial charge on any atom is -0.411 e. The average Bonchev–Trinajstić information content (AvgIpc) is 2.32. The van der Waals surface area contributed by atoms with Crippen molar-refractivity contribution in [1.29, 1.82) is 0 Å². The van der Waals surface area contributed by atoms with Gasteiger partial charge in [0.25, 0.3) is 0 Å². The molecule has 0 aromatic heterocycles. The van der Waals surface area contributed by atoms with Crippen LogP contribution in [0.2, 0.25) is 0 Å². The zero-order valence-electron chi connectivity index (χ0n) is 8.47. The van der Waals surface area contributed by atoms with Gasteiger partial charge in [0.05, 0.1) is 19.4 Å². The van der Waals surface area contributed by atoms with Crippen LogP contribution in [0.1, 0.15) is 5.56 Å². The molecule has 0 bridgehead atoms. The van der Waals surface area contributed by atoms with Gasteiger partial charge in [-0.1, -0.05) is 17.3 Å². The van der Waals surface area contributed by atoms with Crippen molar-refractivity contribution in [3.05, 3.63) is 29.8 Å². The second-order valence-corrected chi connectivity index (χ2v) is 3.44. The Balaban J connectivity index is 2.08. The average molecular weight is 206 g/mol. The van der Waals surface area contributed by atoms with Crippen LogP contribution in [0.5, 0.6) is 0 Å². The fourth-order valence-corrected chi connectivity index (χ4v) is 1.66. The minimum atomic E-state index is 0.792. The Morgan fingerprint density at radius 1 is 1.20 bits per heavy atom. The van der Waals surface area contributed by atoms with Crippen LogP contribution in [0.4, 0.5) is 5.69 Å². The standard InChI is InChI=1S/C11H14N2O2/c14-12-9-10-1-3-11(4-2-10)13-5-7-15-8-6-13/h1-4,9,14H,5-8H2/b12-9+. The Morgan fingerprint density at radius 3 is 2.47 bits per heavy atom. The molecule has 4 heteroatoms. The first-order chi connectivity index (χ1) is 7.40. The number of ether oxygens (including phenoxy) is 1. The summed E-state index contributed by atoms with van der Waals surface area (Å²) in [6.45, 7) is 3.46. The van der Waals surface area contributed by atoms with Crippen molar-refractivity contribution in [2.24, 2.45) is 5.16 Å². The molecule has 0 radical (unpaired) electrons. The predicted molar refractivity (Wildman–Crippen MR) is 58.9 cm³/mol. The molecule has 1 aliphatic heterocycles. The van der Waals surface area contributed by atoms with Gasteiger partial charge in [-0.25, -0.2) is 0 Å². The number of benzene rings is 1. The van der Waals surface area contributed by atoms with Crippen molar-refractivity contribution in [3.8, 4) is 0 Å². The normalized spacial score (nSPS) is 17.2. The highest BCUT2D eigenvalue weighted by molar-refractivity contribution is 5.79. The monoisotopic (exact) mass is 206 g/mol. The summed E-state index contributed by atoms with van der Waals surface area (Å²) in [5, 5.41) is 11.4. The van der Waals surface area contributed by atoms with Gasteiger partial charge in [-0.05, 0) is 17.7 Å². The Kier molecular flexibility index (Phi) is 3.19. The minimum absolute atomic E-state index is 0.792. The zero-order valence-corrected chi connectivity index (χ0v) is 8.47. The van der Waals surface area contributed by atoms with Gasteiger partial charge in [0, 0.05) is 18.8 Å². The molecule has 1 aliphatic rings. The van der Waals surface area contributed by atoms with Gasteiger partial charge < -0.3 is 14.8 Å². The molecular formula is C11H14N2O2. The van der Waals surface area contributed by atoms with Gasteiger partial charge in [0.1, 0.15) is 0 Å². The van der Waals surface area contributed by atoms with Gasteiger partial charge in [0.2, 0.25) is 0 Å². The maximum atomic E-state index is 8.38. The first kappa shape index (κ1) is 9.98. The second-order valence-electron chi connectivity index (χ2n) is 3.44. The van der Waals surface area contributed by atoms with Crippen LogP contribution in [0, 0.1) is 0 Å². The third-order valence-electron chi connectivity index (χ3n) is 2.48. The number of rotatable bonds is 2. The maximum Gasteiger partial charge on any atom is 0.0733 e. The molecule has 1 saturated heterocycles. The quantitative estimate of drug-likeness (QED) is 0.451. The Bertz CT molecular complexity index is 329. The van der Waals surface area contributed by atoms with E-state index in [1.54, 1.807) is 0 Å². The lowest BCUT2D eigenvalue weighted by Crippen LogP contribution is -2.36. The first-order valence-corrected chi connectivity index (χ1v) is 5.00. The third-order valence-corrected chi connectivity index (χ3v) is 2.48. The molecule has 0 unspecified atom stereocenters. The van der Waals surface area contributed by atoms with Gasteiger partial charge in [0.15, 0.2) is 0 Å². The van der Waals surface area contributed by atoms with E-state index in [0.717, 1.165) is 31.9 Å². The molecule has 15 heavy (non-hydrogen) atoms. The first-order valence-electron chi connectivity index (χ1n) is 5.00. The van der Waals surface area contributed by atoms with Crippen molar-refractivity contribution in [1.82, 2.24) is 0 Å². The number of anilines is 1. The van der Waals surface area contributed by atoms with E-state index in [1.807, 2.05) is 24.3 Å². The van der Waals surface area contributed by atoms with E-state index in [-0.39, 0.29) is 0 Å². The van der Waals surface area contributed by atoms with E-state index in [4.69, 9.17) is 9.94 Å². The summed E-state index contributed by atoms with van der Waals surface area (Å²) in [5.74, 6) is 0. The fraction of sp³-hybridized carbons (Fsp3) is 0.364. The lowest BCUT2D eigenvalue weighted by molar-refractivity contribution is 0.122. The molecule has 1 aromatic carbocycles. The van der Waals surface area contributed by atoms with Crippen molar-refractivity contribution >= 4 is 11.9 Å². The molecule has 0 amide bonds. The SMILES string of the molecule is O/N=C/c1ccc(N2CCOCC2)cc1. The summed E-state index contributed by atoms with van der Waals surface area (Å²) < 4.78 is 5.29. The van der Waals surface area contributed by atoms with Crippen LogP contribution in [0.3, 0.4) is 0 Å². The van der Waals surface area contributed by atoms with Gasteiger partial charge >= 0.3 is 0 Å². The van der Waals surface area contributed by atoms with E-state index in [9.17, 15) is 0 Å². The Morgan fingerprint density at radius 2 is 1.87 bits per heavy atom. The summed E-state index contributed by atoms with van der Waals surface area (Å²) >= 11 is 0. The van der Waals surface area contributed by atoms with Crippen molar-refractivity contribution in [2.45, 2.75) is 0 Å². The predicted octanol–water partition coefficient (Wildman–Crippen LogP) is 1.33. The molecule has 0 spiro atoms. The molecule has 0 atom stereocenters. The van der Waals surface area contributed by atoms with Crippen molar-refractivity contribution in [3.63, 3.8) is 0 Å². The highest BCUT2D eigenvalue weighted by Gasteiger charge is 2.10. The van der Waals surface area contributed by atoms with Crippen LogP contribution < -0.4 is 4.90 Å². The molecule has 1 heterocycles.